The Morgan fingerprint density at radius 1 is 1.35 bits per heavy atom. The van der Waals surface area contributed by atoms with E-state index >= 15 is 0 Å². The molecular weight excluding hydrogens is 260 g/mol. The number of nitro benzene ring substituents is 1. The first-order valence-corrected chi connectivity index (χ1v) is 6.76. The molecule has 6 heteroatoms. The SMILES string of the molecule is O=C(O)CCCCN1CCc2ccc([N+](=O)[O-])cc2C1. The number of benzene rings is 1. The van der Waals surface area contributed by atoms with Crippen LogP contribution in [0.25, 0.3) is 0 Å². The molecule has 0 saturated carbocycles. The highest BCUT2D eigenvalue weighted by Gasteiger charge is 2.18. The van der Waals surface area contributed by atoms with Crippen molar-refractivity contribution in [3.8, 4) is 0 Å². The Hall–Kier alpha value is -1.95. The Morgan fingerprint density at radius 2 is 2.15 bits per heavy atom. The van der Waals surface area contributed by atoms with Gasteiger partial charge in [0.1, 0.15) is 0 Å². The Bertz CT molecular complexity index is 516. The molecule has 1 heterocycles. The molecular formula is C14H18N2O4. The van der Waals surface area contributed by atoms with Crippen LogP contribution >= 0.6 is 0 Å². The Balaban J connectivity index is 1.90. The summed E-state index contributed by atoms with van der Waals surface area (Å²) in [6.45, 7) is 2.48. The fraction of sp³-hybridized carbons (Fsp3) is 0.500. The lowest BCUT2D eigenvalue weighted by atomic mass is 9.99. The summed E-state index contributed by atoms with van der Waals surface area (Å²) in [7, 11) is 0. The van der Waals surface area contributed by atoms with Crippen molar-refractivity contribution >= 4 is 11.7 Å². The summed E-state index contributed by atoms with van der Waals surface area (Å²) in [5.41, 5.74) is 2.33. The molecule has 0 aliphatic carbocycles. The Morgan fingerprint density at radius 3 is 2.85 bits per heavy atom. The third-order valence-corrected chi connectivity index (χ3v) is 3.61. The van der Waals surface area contributed by atoms with Crippen LogP contribution in [0.15, 0.2) is 18.2 Å². The fourth-order valence-electron chi connectivity index (χ4n) is 2.52. The van der Waals surface area contributed by atoms with Crippen LogP contribution < -0.4 is 0 Å². The van der Waals surface area contributed by atoms with Gasteiger partial charge in [-0.3, -0.25) is 19.8 Å². The largest absolute Gasteiger partial charge is 0.481 e. The van der Waals surface area contributed by atoms with Crippen molar-refractivity contribution < 1.29 is 14.8 Å². The molecule has 0 aromatic heterocycles. The Kier molecular flexibility index (Phi) is 4.68. The van der Waals surface area contributed by atoms with Gasteiger partial charge in [0.15, 0.2) is 0 Å². The number of non-ortho nitro benzene ring substituents is 1. The number of aliphatic carboxylic acids is 1. The molecule has 1 aromatic carbocycles. The van der Waals surface area contributed by atoms with Crippen LogP contribution in [0, 0.1) is 10.1 Å². The maximum absolute atomic E-state index is 10.8. The molecule has 108 valence electrons. The second kappa shape index (κ2) is 6.47. The zero-order valence-corrected chi connectivity index (χ0v) is 11.2. The third kappa shape index (κ3) is 3.77. The van der Waals surface area contributed by atoms with Crippen LogP contribution in [0.5, 0.6) is 0 Å². The summed E-state index contributed by atoms with van der Waals surface area (Å²) in [5, 5.41) is 19.4. The van der Waals surface area contributed by atoms with E-state index in [1.807, 2.05) is 6.07 Å². The number of hydrogen-bond donors (Lipinski definition) is 1. The molecule has 0 radical (unpaired) electrons. The lowest BCUT2D eigenvalue weighted by Crippen LogP contribution is -2.31. The summed E-state index contributed by atoms with van der Waals surface area (Å²) < 4.78 is 0. The molecule has 2 rings (SSSR count). The van der Waals surface area contributed by atoms with Crippen LogP contribution in [0.2, 0.25) is 0 Å². The molecule has 1 N–H and O–H groups in total. The van der Waals surface area contributed by atoms with Crippen molar-refractivity contribution in [2.75, 3.05) is 13.1 Å². The van der Waals surface area contributed by atoms with Gasteiger partial charge in [-0.05, 0) is 36.9 Å². The Labute approximate surface area is 117 Å². The maximum atomic E-state index is 10.8. The molecule has 0 unspecified atom stereocenters. The van der Waals surface area contributed by atoms with Gasteiger partial charge < -0.3 is 5.11 Å². The topological polar surface area (TPSA) is 83.7 Å². The average Bonchev–Trinajstić information content (AvgIpc) is 2.42. The van der Waals surface area contributed by atoms with E-state index in [9.17, 15) is 14.9 Å². The van der Waals surface area contributed by atoms with E-state index in [0.29, 0.717) is 13.0 Å². The monoisotopic (exact) mass is 278 g/mol. The van der Waals surface area contributed by atoms with Crippen molar-refractivity contribution in [1.82, 2.24) is 4.90 Å². The number of nitro groups is 1. The first-order chi connectivity index (χ1) is 9.56. The van der Waals surface area contributed by atoms with Gasteiger partial charge in [-0.15, -0.1) is 0 Å². The van der Waals surface area contributed by atoms with Crippen LogP contribution in [0.1, 0.15) is 30.4 Å². The van der Waals surface area contributed by atoms with Gasteiger partial charge in [-0.25, -0.2) is 0 Å². The smallest absolute Gasteiger partial charge is 0.303 e. The lowest BCUT2D eigenvalue weighted by Gasteiger charge is -2.28. The molecule has 0 fully saturated rings. The van der Waals surface area contributed by atoms with Gasteiger partial charge in [0.2, 0.25) is 0 Å². The van der Waals surface area contributed by atoms with E-state index in [4.69, 9.17) is 5.11 Å². The molecule has 20 heavy (non-hydrogen) atoms. The standard InChI is InChI=1S/C14H18N2O4/c17-14(18)3-1-2-7-15-8-6-11-4-5-13(16(19)20)9-12(11)10-15/h4-5,9H,1-3,6-8,10H2,(H,17,18). The minimum absolute atomic E-state index is 0.136. The van der Waals surface area contributed by atoms with Crippen LogP contribution in [0.4, 0.5) is 5.69 Å². The second-order valence-electron chi connectivity index (χ2n) is 5.09. The highest BCUT2D eigenvalue weighted by atomic mass is 16.6. The van der Waals surface area contributed by atoms with Crippen LogP contribution in [0.3, 0.4) is 0 Å². The number of fused-ring (bicyclic) bond motifs is 1. The molecule has 0 bridgehead atoms. The normalized spacial score (nSPS) is 14.8. The van der Waals surface area contributed by atoms with Crippen molar-refractivity contribution in [1.29, 1.82) is 0 Å². The first-order valence-electron chi connectivity index (χ1n) is 6.76. The summed E-state index contributed by atoms with van der Waals surface area (Å²) in [6.07, 6.45) is 2.62. The molecule has 1 aromatic rings. The quantitative estimate of drug-likeness (QED) is 0.490. The van der Waals surface area contributed by atoms with E-state index in [0.717, 1.165) is 31.5 Å². The van der Waals surface area contributed by atoms with Crippen molar-refractivity contribution in [2.24, 2.45) is 0 Å². The molecule has 0 spiro atoms. The van der Waals surface area contributed by atoms with Gasteiger partial charge in [-0.1, -0.05) is 6.07 Å². The second-order valence-corrected chi connectivity index (χ2v) is 5.09. The van der Waals surface area contributed by atoms with E-state index in [-0.39, 0.29) is 17.0 Å². The van der Waals surface area contributed by atoms with Crippen LogP contribution in [-0.2, 0) is 17.8 Å². The summed E-state index contributed by atoms with van der Waals surface area (Å²) in [4.78, 5) is 23.1. The average molecular weight is 278 g/mol. The molecule has 0 saturated heterocycles. The highest BCUT2D eigenvalue weighted by Crippen LogP contribution is 2.23. The van der Waals surface area contributed by atoms with E-state index in [1.54, 1.807) is 12.1 Å². The van der Waals surface area contributed by atoms with Gasteiger partial charge in [-0.2, -0.15) is 0 Å². The minimum Gasteiger partial charge on any atom is -0.481 e. The van der Waals surface area contributed by atoms with Gasteiger partial charge in [0.05, 0.1) is 4.92 Å². The number of carboxylic acids is 1. The van der Waals surface area contributed by atoms with Crippen molar-refractivity contribution in [2.45, 2.75) is 32.2 Å². The van der Waals surface area contributed by atoms with Gasteiger partial charge in [0, 0.05) is 31.6 Å². The van der Waals surface area contributed by atoms with E-state index in [1.165, 1.54) is 5.56 Å². The zero-order chi connectivity index (χ0) is 14.5. The number of carbonyl (C=O) groups is 1. The number of carboxylic acid groups (broad SMARTS) is 1. The maximum Gasteiger partial charge on any atom is 0.303 e. The molecule has 0 amide bonds. The number of nitrogens with zero attached hydrogens (tertiary/aromatic N) is 2. The molecule has 1 aliphatic heterocycles. The number of rotatable bonds is 6. The zero-order valence-electron chi connectivity index (χ0n) is 11.2. The van der Waals surface area contributed by atoms with Crippen molar-refractivity contribution in [3.05, 3.63) is 39.4 Å². The molecule has 0 atom stereocenters. The number of unbranched alkanes of at least 4 members (excludes halogenated alkanes) is 1. The van der Waals surface area contributed by atoms with Gasteiger partial charge in [0.25, 0.3) is 5.69 Å². The predicted molar refractivity (Wildman–Crippen MR) is 73.6 cm³/mol. The fourth-order valence-corrected chi connectivity index (χ4v) is 2.52. The third-order valence-electron chi connectivity index (χ3n) is 3.61. The summed E-state index contributed by atoms with van der Waals surface area (Å²) >= 11 is 0. The first kappa shape index (κ1) is 14.5. The predicted octanol–water partition coefficient (Wildman–Crippen LogP) is 2.21. The highest BCUT2D eigenvalue weighted by molar-refractivity contribution is 5.66. The summed E-state index contributed by atoms with van der Waals surface area (Å²) in [5.74, 6) is -0.760. The summed E-state index contributed by atoms with van der Waals surface area (Å²) in [6, 6.07) is 5.05. The minimum atomic E-state index is -0.760. The molecule has 6 nitrogen and oxygen atoms in total. The lowest BCUT2D eigenvalue weighted by molar-refractivity contribution is -0.385. The number of hydrogen-bond acceptors (Lipinski definition) is 4. The van der Waals surface area contributed by atoms with E-state index in [2.05, 4.69) is 4.90 Å². The van der Waals surface area contributed by atoms with Crippen LogP contribution in [-0.4, -0.2) is 34.0 Å². The van der Waals surface area contributed by atoms with E-state index < -0.39 is 5.97 Å². The van der Waals surface area contributed by atoms with Crippen molar-refractivity contribution in [3.63, 3.8) is 0 Å². The molecule has 1 aliphatic rings. The van der Waals surface area contributed by atoms with Gasteiger partial charge >= 0.3 is 5.97 Å².